The largest absolute Gasteiger partial charge is 0.355 e. The van der Waals surface area contributed by atoms with Crippen LogP contribution in [-0.2, 0) is 4.79 Å². The van der Waals surface area contributed by atoms with Crippen molar-refractivity contribution in [1.29, 1.82) is 0 Å². The predicted molar refractivity (Wildman–Crippen MR) is 119 cm³/mol. The van der Waals surface area contributed by atoms with Crippen LogP contribution in [0.25, 0.3) is 0 Å². The highest BCUT2D eigenvalue weighted by atomic mass is 16.2. The number of rotatable bonds is 6. The second-order valence-corrected chi connectivity index (χ2v) is 10.9. The predicted octanol–water partition coefficient (Wildman–Crippen LogP) is 4.23. The summed E-state index contributed by atoms with van der Waals surface area (Å²) >= 11 is 0. The van der Waals surface area contributed by atoms with Gasteiger partial charge < -0.3 is 16.4 Å². The molecule has 4 fully saturated rings. The van der Waals surface area contributed by atoms with Gasteiger partial charge in [0.25, 0.3) is 0 Å². The van der Waals surface area contributed by atoms with Crippen molar-refractivity contribution in [2.24, 2.45) is 41.2 Å². The zero-order valence-corrected chi connectivity index (χ0v) is 18.7. The van der Waals surface area contributed by atoms with Gasteiger partial charge in [-0.25, -0.2) is 0 Å². The molecule has 0 bridgehead atoms. The van der Waals surface area contributed by atoms with E-state index in [4.69, 9.17) is 5.73 Å². The Morgan fingerprint density at radius 3 is 2.34 bits per heavy atom. The monoisotopic (exact) mass is 403 g/mol. The van der Waals surface area contributed by atoms with Crippen molar-refractivity contribution in [3.05, 3.63) is 0 Å². The molecule has 1 amide bonds. The number of fused-ring (bicyclic) bond motifs is 1. The maximum Gasteiger partial charge on any atom is 0.237 e. The summed E-state index contributed by atoms with van der Waals surface area (Å²) in [7, 11) is 0. The summed E-state index contributed by atoms with van der Waals surface area (Å²) in [5.74, 6) is 4.93. The third-order valence-electron chi connectivity index (χ3n) is 9.21. The first-order valence-electron chi connectivity index (χ1n) is 12.9. The van der Waals surface area contributed by atoms with E-state index in [0.29, 0.717) is 6.04 Å². The molecule has 0 spiro atoms. The van der Waals surface area contributed by atoms with Crippen LogP contribution < -0.4 is 16.4 Å². The van der Waals surface area contributed by atoms with Crippen LogP contribution in [-0.4, -0.2) is 31.1 Å². The van der Waals surface area contributed by atoms with Crippen LogP contribution in [0, 0.1) is 35.5 Å². The SMILES string of the molecule is CC1CCCC2CC(C(=O)NCCC3CCCCC3C3CCCCC3CN)NC12. The van der Waals surface area contributed by atoms with Gasteiger partial charge in [-0.05, 0) is 87.0 Å². The summed E-state index contributed by atoms with van der Waals surface area (Å²) in [6.45, 7) is 4.09. The minimum absolute atomic E-state index is 0.0488. The van der Waals surface area contributed by atoms with Crippen molar-refractivity contribution in [1.82, 2.24) is 10.6 Å². The van der Waals surface area contributed by atoms with Gasteiger partial charge >= 0.3 is 0 Å². The van der Waals surface area contributed by atoms with Gasteiger partial charge in [-0.1, -0.05) is 45.4 Å². The molecular weight excluding hydrogens is 358 g/mol. The molecule has 4 rings (SSSR count). The second kappa shape index (κ2) is 10.1. The van der Waals surface area contributed by atoms with Crippen LogP contribution in [0.4, 0.5) is 0 Å². The average Bonchev–Trinajstić information content (AvgIpc) is 3.20. The molecule has 0 aromatic heterocycles. The number of nitrogens with one attached hydrogen (secondary N) is 2. The zero-order chi connectivity index (χ0) is 20.2. The zero-order valence-electron chi connectivity index (χ0n) is 18.7. The highest BCUT2D eigenvalue weighted by molar-refractivity contribution is 5.82. The van der Waals surface area contributed by atoms with Crippen molar-refractivity contribution in [2.45, 2.75) is 102 Å². The van der Waals surface area contributed by atoms with Gasteiger partial charge in [0.05, 0.1) is 6.04 Å². The van der Waals surface area contributed by atoms with Crippen LogP contribution in [0.15, 0.2) is 0 Å². The number of hydrogen-bond donors (Lipinski definition) is 3. The first kappa shape index (κ1) is 21.6. The molecule has 8 atom stereocenters. The van der Waals surface area contributed by atoms with Crippen molar-refractivity contribution in [3.63, 3.8) is 0 Å². The topological polar surface area (TPSA) is 67.2 Å². The molecule has 4 heteroatoms. The highest BCUT2D eigenvalue weighted by Gasteiger charge is 2.41. The Morgan fingerprint density at radius 2 is 1.62 bits per heavy atom. The fourth-order valence-corrected chi connectivity index (χ4v) is 7.63. The lowest BCUT2D eigenvalue weighted by Crippen LogP contribution is -2.46. The molecule has 0 aromatic rings. The van der Waals surface area contributed by atoms with E-state index in [0.717, 1.165) is 55.0 Å². The van der Waals surface area contributed by atoms with Crippen molar-refractivity contribution in [3.8, 4) is 0 Å². The Bertz CT molecular complexity index is 538. The van der Waals surface area contributed by atoms with Crippen molar-refractivity contribution < 1.29 is 4.79 Å². The van der Waals surface area contributed by atoms with E-state index in [9.17, 15) is 4.79 Å². The summed E-state index contributed by atoms with van der Waals surface area (Å²) in [4.78, 5) is 12.8. The molecule has 0 aromatic carbocycles. The fourth-order valence-electron chi connectivity index (χ4n) is 7.63. The van der Waals surface area contributed by atoms with Crippen LogP contribution in [0.5, 0.6) is 0 Å². The Morgan fingerprint density at radius 1 is 0.931 bits per heavy atom. The summed E-state index contributed by atoms with van der Waals surface area (Å²) in [6, 6.07) is 0.620. The van der Waals surface area contributed by atoms with E-state index in [1.54, 1.807) is 0 Å². The quantitative estimate of drug-likeness (QED) is 0.622. The Labute approximate surface area is 178 Å². The van der Waals surface area contributed by atoms with Crippen LogP contribution in [0.1, 0.15) is 90.4 Å². The van der Waals surface area contributed by atoms with Gasteiger partial charge in [0.15, 0.2) is 0 Å². The molecule has 0 radical (unpaired) electrons. The normalized spacial score (nSPS) is 43.0. The molecule has 4 aliphatic rings. The molecule has 1 heterocycles. The van der Waals surface area contributed by atoms with Gasteiger partial charge in [0.2, 0.25) is 5.91 Å². The Kier molecular flexibility index (Phi) is 7.55. The van der Waals surface area contributed by atoms with Crippen LogP contribution in [0.2, 0.25) is 0 Å². The molecule has 166 valence electrons. The Hall–Kier alpha value is -0.610. The average molecular weight is 404 g/mol. The van der Waals surface area contributed by atoms with E-state index in [1.807, 2.05) is 0 Å². The summed E-state index contributed by atoms with van der Waals surface area (Å²) in [5.41, 5.74) is 6.15. The molecule has 8 unspecified atom stereocenters. The Balaban J connectivity index is 1.26. The lowest BCUT2D eigenvalue weighted by atomic mass is 9.63. The first-order chi connectivity index (χ1) is 14.2. The first-order valence-corrected chi connectivity index (χ1v) is 12.9. The minimum Gasteiger partial charge on any atom is -0.355 e. The van der Waals surface area contributed by atoms with Crippen molar-refractivity contribution >= 4 is 5.91 Å². The smallest absolute Gasteiger partial charge is 0.237 e. The minimum atomic E-state index is 0.0488. The maximum absolute atomic E-state index is 12.8. The number of nitrogens with two attached hydrogens (primary N) is 1. The van der Waals surface area contributed by atoms with Gasteiger partial charge in [-0.15, -0.1) is 0 Å². The molecule has 1 saturated heterocycles. The molecule has 29 heavy (non-hydrogen) atoms. The maximum atomic E-state index is 12.8. The summed E-state index contributed by atoms with van der Waals surface area (Å²) in [6.07, 6.45) is 17.2. The van der Waals surface area contributed by atoms with E-state index in [2.05, 4.69) is 17.6 Å². The van der Waals surface area contributed by atoms with Crippen LogP contribution >= 0.6 is 0 Å². The van der Waals surface area contributed by atoms with Gasteiger partial charge in [0.1, 0.15) is 0 Å². The second-order valence-electron chi connectivity index (χ2n) is 10.9. The third-order valence-corrected chi connectivity index (χ3v) is 9.21. The van der Waals surface area contributed by atoms with E-state index in [-0.39, 0.29) is 11.9 Å². The van der Waals surface area contributed by atoms with Gasteiger partial charge in [-0.2, -0.15) is 0 Å². The molecule has 3 saturated carbocycles. The molecule has 1 aliphatic heterocycles. The number of amides is 1. The lowest BCUT2D eigenvalue weighted by Gasteiger charge is -2.43. The van der Waals surface area contributed by atoms with E-state index in [1.165, 1.54) is 77.0 Å². The molecule has 4 N–H and O–H groups in total. The highest BCUT2D eigenvalue weighted by Crippen LogP contribution is 2.45. The molecular formula is C25H45N3O. The third kappa shape index (κ3) is 5.01. The van der Waals surface area contributed by atoms with E-state index < -0.39 is 0 Å². The molecule has 3 aliphatic carbocycles. The standard InChI is InChI=1S/C25H45N3O/c1-17-7-6-10-19-15-23(28-24(17)19)25(29)27-14-13-18-8-2-4-11-21(18)22-12-5-3-9-20(22)16-26/h17-24,28H,2-16,26H2,1H3,(H,27,29). The number of carbonyl (C=O) groups is 1. The lowest BCUT2D eigenvalue weighted by molar-refractivity contribution is -0.123. The molecule has 4 nitrogen and oxygen atoms in total. The summed E-state index contributed by atoms with van der Waals surface area (Å²) in [5, 5.41) is 7.00. The summed E-state index contributed by atoms with van der Waals surface area (Å²) < 4.78 is 0. The fraction of sp³-hybridized carbons (Fsp3) is 0.960. The van der Waals surface area contributed by atoms with E-state index >= 15 is 0 Å². The number of carbonyl (C=O) groups excluding carboxylic acids is 1. The van der Waals surface area contributed by atoms with Gasteiger partial charge in [0, 0.05) is 12.6 Å². The van der Waals surface area contributed by atoms with Gasteiger partial charge in [-0.3, -0.25) is 4.79 Å². The van der Waals surface area contributed by atoms with Crippen molar-refractivity contribution in [2.75, 3.05) is 13.1 Å². The number of hydrogen-bond acceptors (Lipinski definition) is 3. The van der Waals surface area contributed by atoms with Crippen LogP contribution in [0.3, 0.4) is 0 Å².